The van der Waals surface area contributed by atoms with Crippen molar-refractivity contribution in [3.05, 3.63) is 0 Å². The molecular weight excluding hydrogens is 190 g/mol. The van der Waals surface area contributed by atoms with Crippen LogP contribution in [-0.2, 0) is 4.79 Å². The molecule has 0 aliphatic rings. The Balaban J connectivity index is 4.60. The first kappa shape index (κ1) is 12.7. The summed E-state index contributed by atoms with van der Waals surface area (Å²) in [6.45, 7) is 3.05. The predicted molar refractivity (Wildman–Crippen MR) is 48.1 cm³/mol. The summed E-state index contributed by atoms with van der Waals surface area (Å²) < 4.78 is 0. The van der Waals surface area contributed by atoms with Gasteiger partial charge < -0.3 is 15.3 Å². The highest BCUT2D eigenvalue weighted by Gasteiger charge is 2.29. The van der Waals surface area contributed by atoms with Crippen LogP contribution < -0.4 is 0 Å². The molecule has 3 N–H and O–H groups in total. The minimum atomic E-state index is -1.29. The molecule has 6 heteroatoms. The molecular formula is C8H15NO5. The predicted octanol–water partition coefficient (Wildman–Crippen LogP) is 0.210. The van der Waals surface area contributed by atoms with E-state index in [4.69, 9.17) is 15.3 Å². The van der Waals surface area contributed by atoms with Crippen molar-refractivity contribution < 1.29 is 24.9 Å². The molecule has 0 rings (SSSR count). The van der Waals surface area contributed by atoms with Gasteiger partial charge in [0.05, 0.1) is 6.10 Å². The van der Waals surface area contributed by atoms with Gasteiger partial charge in [-0.05, 0) is 13.8 Å². The van der Waals surface area contributed by atoms with E-state index in [1.807, 2.05) is 0 Å². The molecule has 0 bridgehead atoms. The molecule has 82 valence electrons. The molecule has 2 unspecified atom stereocenters. The summed E-state index contributed by atoms with van der Waals surface area (Å²) in [6.07, 6.45) is -2.24. The van der Waals surface area contributed by atoms with Gasteiger partial charge >= 0.3 is 12.1 Å². The van der Waals surface area contributed by atoms with Gasteiger partial charge in [-0.3, -0.25) is 4.90 Å². The summed E-state index contributed by atoms with van der Waals surface area (Å²) in [4.78, 5) is 22.1. The number of carboxylic acids is 1. The maximum atomic E-state index is 10.7. The highest BCUT2D eigenvalue weighted by Crippen LogP contribution is 2.08. The molecule has 0 saturated heterocycles. The molecule has 0 aliphatic heterocycles. The SMILES string of the molecule is CCN(C(=O)O)C(CC(C)O)C(=O)O. The van der Waals surface area contributed by atoms with E-state index >= 15 is 0 Å². The summed E-state index contributed by atoms with van der Waals surface area (Å²) in [5, 5.41) is 26.5. The van der Waals surface area contributed by atoms with Crippen molar-refractivity contribution in [1.82, 2.24) is 4.90 Å². The van der Waals surface area contributed by atoms with E-state index in [0.717, 1.165) is 4.90 Å². The first-order valence-electron chi connectivity index (χ1n) is 4.30. The standard InChI is InChI=1S/C8H15NO5/c1-3-9(8(13)14)6(7(11)12)4-5(2)10/h5-6,10H,3-4H2,1-2H3,(H,11,12)(H,13,14). The zero-order valence-corrected chi connectivity index (χ0v) is 8.17. The monoisotopic (exact) mass is 205 g/mol. The summed E-state index contributed by atoms with van der Waals surface area (Å²) in [7, 11) is 0. The van der Waals surface area contributed by atoms with Gasteiger partial charge in [-0.25, -0.2) is 9.59 Å². The topological polar surface area (TPSA) is 98.1 Å². The maximum Gasteiger partial charge on any atom is 0.408 e. The van der Waals surface area contributed by atoms with E-state index in [9.17, 15) is 9.59 Å². The van der Waals surface area contributed by atoms with Crippen molar-refractivity contribution in [2.24, 2.45) is 0 Å². The second-order valence-corrected chi connectivity index (χ2v) is 3.01. The Bertz CT molecular complexity index is 216. The molecule has 0 radical (unpaired) electrons. The third-order valence-electron chi connectivity index (χ3n) is 1.81. The van der Waals surface area contributed by atoms with Crippen LogP contribution in [0.4, 0.5) is 4.79 Å². The number of nitrogens with zero attached hydrogens (tertiary/aromatic N) is 1. The van der Waals surface area contributed by atoms with Gasteiger partial charge in [0.25, 0.3) is 0 Å². The fourth-order valence-electron chi connectivity index (χ4n) is 1.17. The lowest BCUT2D eigenvalue weighted by atomic mass is 10.1. The van der Waals surface area contributed by atoms with Gasteiger partial charge in [-0.15, -0.1) is 0 Å². The first-order chi connectivity index (χ1) is 6.40. The van der Waals surface area contributed by atoms with Crippen molar-refractivity contribution >= 4 is 12.1 Å². The van der Waals surface area contributed by atoms with Crippen molar-refractivity contribution in [3.63, 3.8) is 0 Å². The molecule has 0 spiro atoms. The number of hydrogen-bond acceptors (Lipinski definition) is 3. The Hall–Kier alpha value is -1.30. The molecule has 0 aromatic rings. The Labute approximate surface area is 81.8 Å². The van der Waals surface area contributed by atoms with E-state index in [-0.39, 0.29) is 13.0 Å². The minimum absolute atomic E-state index is 0.0824. The normalized spacial score (nSPS) is 14.5. The summed E-state index contributed by atoms with van der Waals surface area (Å²) in [5.41, 5.74) is 0. The van der Waals surface area contributed by atoms with Crippen molar-refractivity contribution in [2.75, 3.05) is 6.54 Å². The van der Waals surface area contributed by atoms with Crippen molar-refractivity contribution in [3.8, 4) is 0 Å². The van der Waals surface area contributed by atoms with Crippen LogP contribution in [0.2, 0.25) is 0 Å². The van der Waals surface area contributed by atoms with Crippen LogP contribution in [0.15, 0.2) is 0 Å². The lowest BCUT2D eigenvalue weighted by Crippen LogP contribution is -2.45. The Morgan fingerprint density at radius 2 is 1.86 bits per heavy atom. The maximum absolute atomic E-state index is 10.7. The number of hydrogen-bond donors (Lipinski definition) is 3. The highest BCUT2D eigenvalue weighted by atomic mass is 16.4. The molecule has 0 aliphatic carbocycles. The minimum Gasteiger partial charge on any atom is -0.480 e. The van der Waals surface area contributed by atoms with Crippen LogP contribution in [0.3, 0.4) is 0 Å². The number of carbonyl (C=O) groups is 2. The number of likely N-dealkylation sites (N-methyl/N-ethyl adjacent to an activating group) is 1. The first-order valence-corrected chi connectivity index (χ1v) is 4.30. The van der Waals surface area contributed by atoms with E-state index in [2.05, 4.69) is 0 Å². The smallest absolute Gasteiger partial charge is 0.408 e. The van der Waals surface area contributed by atoms with Gasteiger partial charge in [0.15, 0.2) is 0 Å². The van der Waals surface area contributed by atoms with Crippen LogP contribution in [0.1, 0.15) is 20.3 Å². The number of aliphatic carboxylic acids is 1. The van der Waals surface area contributed by atoms with Crippen LogP contribution in [0.25, 0.3) is 0 Å². The third kappa shape index (κ3) is 3.61. The average Bonchev–Trinajstić information content (AvgIpc) is 2.02. The van der Waals surface area contributed by atoms with E-state index in [0.29, 0.717) is 0 Å². The average molecular weight is 205 g/mol. The quantitative estimate of drug-likeness (QED) is 0.596. The van der Waals surface area contributed by atoms with Crippen LogP contribution in [-0.4, -0.2) is 51.0 Å². The summed E-state index contributed by atoms with van der Waals surface area (Å²) >= 11 is 0. The van der Waals surface area contributed by atoms with Crippen molar-refractivity contribution in [1.29, 1.82) is 0 Å². The molecule has 0 fully saturated rings. The third-order valence-corrected chi connectivity index (χ3v) is 1.81. The number of amides is 1. The fourth-order valence-corrected chi connectivity index (χ4v) is 1.17. The van der Waals surface area contributed by atoms with Crippen LogP contribution in [0, 0.1) is 0 Å². The zero-order chi connectivity index (χ0) is 11.3. The lowest BCUT2D eigenvalue weighted by molar-refractivity contribution is -0.143. The molecule has 0 aromatic carbocycles. The van der Waals surface area contributed by atoms with E-state index < -0.39 is 24.2 Å². The molecule has 14 heavy (non-hydrogen) atoms. The highest BCUT2D eigenvalue weighted by molar-refractivity contribution is 5.79. The summed E-state index contributed by atoms with van der Waals surface area (Å²) in [6, 6.07) is -1.18. The Morgan fingerprint density at radius 3 is 2.07 bits per heavy atom. The number of carboxylic acid groups (broad SMARTS) is 2. The van der Waals surface area contributed by atoms with Crippen LogP contribution >= 0.6 is 0 Å². The van der Waals surface area contributed by atoms with Gasteiger partial charge in [-0.2, -0.15) is 0 Å². The van der Waals surface area contributed by atoms with Gasteiger partial charge in [-0.1, -0.05) is 0 Å². The second kappa shape index (κ2) is 5.43. The van der Waals surface area contributed by atoms with Gasteiger partial charge in [0.1, 0.15) is 6.04 Å². The number of rotatable bonds is 5. The van der Waals surface area contributed by atoms with Crippen LogP contribution in [0.5, 0.6) is 0 Å². The largest absolute Gasteiger partial charge is 0.480 e. The van der Waals surface area contributed by atoms with Crippen molar-refractivity contribution in [2.45, 2.75) is 32.4 Å². The Morgan fingerprint density at radius 1 is 1.36 bits per heavy atom. The molecule has 2 atom stereocenters. The Kier molecular flexibility index (Phi) is 4.93. The molecule has 0 heterocycles. The van der Waals surface area contributed by atoms with Gasteiger partial charge in [0.2, 0.25) is 0 Å². The fraction of sp³-hybridized carbons (Fsp3) is 0.750. The number of aliphatic hydroxyl groups is 1. The number of aliphatic hydroxyl groups excluding tert-OH is 1. The van der Waals surface area contributed by atoms with E-state index in [1.54, 1.807) is 6.92 Å². The molecule has 0 saturated carbocycles. The summed E-state index contributed by atoms with van der Waals surface area (Å²) in [5.74, 6) is -1.24. The van der Waals surface area contributed by atoms with E-state index in [1.165, 1.54) is 6.92 Å². The molecule has 1 amide bonds. The molecule has 0 aromatic heterocycles. The second-order valence-electron chi connectivity index (χ2n) is 3.01. The van der Waals surface area contributed by atoms with Gasteiger partial charge in [0, 0.05) is 13.0 Å². The lowest BCUT2D eigenvalue weighted by Gasteiger charge is -2.25. The zero-order valence-electron chi connectivity index (χ0n) is 8.17. The molecule has 6 nitrogen and oxygen atoms in total.